The molecule has 0 heterocycles. The van der Waals surface area contributed by atoms with Crippen LogP contribution in [0.15, 0.2) is 24.3 Å². The Balaban J connectivity index is 2.57. The summed E-state index contributed by atoms with van der Waals surface area (Å²) in [4.78, 5) is 11.2. The number of carbonyl (C=O) groups excluding carboxylic acids is 1. The van der Waals surface area contributed by atoms with Gasteiger partial charge in [-0.2, -0.15) is 0 Å². The van der Waals surface area contributed by atoms with Gasteiger partial charge in [-0.15, -0.1) is 0 Å². The summed E-state index contributed by atoms with van der Waals surface area (Å²) in [5.74, 6) is -0.725. The molecule has 1 unspecified atom stereocenters. The normalized spacial score (nSPS) is 12.1. The molecule has 17 heavy (non-hydrogen) atoms. The third-order valence-electron chi connectivity index (χ3n) is 2.61. The number of anilines is 1. The number of amides is 1. The first kappa shape index (κ1) is 13.5. The Hall–Kier alpha value is -1.58. The molecular weight excluding hydrogens is 219 g/mol. The Morgan fingerprint density at radius 3 is 2.82 bits per heavy atom. The van der Waals surface area contributed by atoms with Crippen LogP contribution in [-0.4, -0.2) is 11.9 Å². The molecule has 3 N–H and O–H groups in total. The maximum atomic E-state index is 13.0. The molecule has 1 atom stereocenters. The molecule has 0 aliphatic carbocycles. The quantitative estimate of drug-likeness (QED) is 0.717. The van der Waals surface area contributed by atoms with E-state index in [0.717, 1.165) is 19.3 Å². The van der Waals surface area contributed by atoms with Gasteiger partial charge in [0, 0.05) is 5.69 Å². The third-order valence-corrected chi connectivity index (χ3v) is 2.61. The van der Waals surface area contributed by atoms with E-state index in [0.29, 0.717) is 12.1 Å². The first-order valence-corrected chi connectivity index (χ1v) is 5.95. The lowest BCUT2D eigenvalue weighted by Gasteiger charge is -2.16. The van der Waals surface area contributed by atoms with Gasteiger partial charge in [-0.05, 0) is 24.6 Å². The number of benzene rings is 1. The Morgan fingerprint density at radius 2 is 2.24 bits per heavy atom. The van der Waals surface area contributed by atoms with Crippen LogP contribution in [0, 0.1) is 5.82 Å². The van der Waals surface area contributed by atoms with Crippen molar-refractivity contribution in [3.63, 3.8) is 0 Å². The summed E-state index contributed by atoms with van der Waals surface area (Å²) in [6.07, 6.45) is 3.77. The van der Waals surface area contributed by atoms with Crippen LogP contribution in [0.1, 0.15) is 32.6 Å². The number of primary amides is 1. The molecule has 0 radical (unpaired) electrons. The predicted molar refractivity (Wildman–Crippen MR) is 67.1 cm³/mol. The van der Waals surface area contributed by atoms with Crippen molar-refractivity contribution in [2.24, 2.45) is 5.73 Å². The Labute approximate surface area is 101 Å². The second kappa shape index (κ2) is 6.89. The maximum absolute atomic E-state index is 13.0. The van der Waals surface area contributed by atoms with Crippen molar-refractivity contribution in [1.29, 1.82) is 0 Å². The Bertz CT molecular complexity index is 368. The fourth-order valence-electron chi connectivity index (χ4n) is 1.66. The van der Waals surface area contributed by atoms with Gasteiger partial charge in [-0.3, -0.25) is 4.79 Å². The SMILES string of the molecule is CCCCCC(Nc1cccc(F)c1)C(N)=O. The number of unbranched alkanes of at least 4 members (excludes halogenated alkanes) is 2. The van der Waals surface area contributed by atoms with Crippen molar-refractivity contribution in [2.45, 2.75) is 38.6 Å². The van der Waals surface area contributed by atoms with E-state index in [1.54, 1.807) is 12.1 Å². The van der Waals surface area contributed by atoms with Gasteiger partial charge in [0.2, 0.25) is 5.91 Å². The minimum atomic E-state index is -0.427. The van der Waals surface area contributed by atoms with Crippen molar-refractivity contribution in [3.8, 4) is 0 Å². The predicted octanol–water partition coefficient (Wildman–Crippen LogP) is 2.67. The highest BCUT2D eigenvalue weighted by atomic mass is 19.1. The second-order valence-electron chi connectivity index (χ2n) is 4.11. The summed E-state index contributed by atoms with van der Waals surface area (Å²) in [6.45, 7) is 2.10. The van der Waals surface area contributed by atoms with Gasteiger partial charge < -0.3 is 11.1 Å². The van der Waals surface area contributed by atoms with Crippen molar-refractivity contribution >= 4 is 11.6 Å². The van der Waals surface area contributed by atoms with Gasteiger partial charge in [0.15, 0.2) is 0 Å². The van der Waals surface area contributed by atoms with Gasteiger partial charge in [0.05, 0.1) is 0 Å². The van der Waals surface area contributed by atoms with E-state index in [1.807, 2.05) is 0 Å². The number of hydrogen-bond donors (Lipinski definition) is 2. The van der Waals surface area contributed by atoms with Crippen LogP contribution < -0.4 is 11.1 Å². The summed E-state index contributed by atoms with van der Waals surface area (Å²) in [5.41, 5.74) is 5.90. The molecular formula is C13H19FN2O. The lowest BCUT2D eigenvalue weighted by atomic mass is 10.1. The zero-order chi connectivity index (χ0) is 12.7. The molecule has 0 saturated heterocycles. The van der Waals surface area contributed by atoms with Crippen LogP contribution in [-0.2, 0) is 4.79 Å². The molecule has 1 aromatic carbocycles. The summed E-state index contributed by atoms with van der Waals surface area (Å²) in [7, 11) is 0. The van der Waals surface area contributed by atoms with E-state index >= 15 is 0 Å². The average Bonchev–Trinajstić information content (AvgIpc) is 2.28. The first-order chi connectivity index (χ1) is 8.13. The van der Waals surface area contributed by atoms with E-state index in [1.165, 1.54) is 12.1 Å². The van der Waals surface area contributed by atoms with Crippen LogP contribution in [0.25, 0.3) is 0 Å². The van der Waals surface area contributed by atoms with Crippen LogP contribution in [0.5, 0.6) is 0 Å². The van der Waals surface area contributed by atoms with Crippen molar-refractivity contribution < 1.29 is 9.18 Å². The number of rotatable bonds is 7. The monoisotopic (exact) mass is 238 g/mol. The van der Waals surface area contributed by atoms with Gasteiger partial charge in [-0.1, -0.05) is 32.3 Å². The van der Waals surface area contributed by atoms with Crippen LogP contribution in [0.4, 0.5) is 10.1 Å². The zero-order valence-corrected chi connectivity index (χ0v) is 10.1. The molecule has 0 saturated carbocycles. The van der Waals surface area contributed by atoms with Crippen molar-refractivity contribution in [3.05, 3.63) is 30.1 Å². The van der Waals surface area contributed by atoms with Crippen molar-refractivity contribution in [2.75, 3.05) is 5.32 Å². The van der Waals surface area contributed by atoms with E-state index in [-0.39, 0.29) is 5.82 Å². The number of carbonyl (C=O) groups is 1. The molecule has 0 aromatic heterocycles. The molecule has 0 spiro atoms. The lowest BCUT2D eigenvalue weighted by Crippen LogP contribution is -2.35. The molecule has 1 rings (SSSR count). The Morgan fingerprint density at radius 1 is 1.47 bits per heavy atom. The fraction of sp³-hybridized carbons (Fsp3) is 0.462. The highest BCUT2D eigenvalue weighted by Gasteiger charge is 2.14. The lowest BCUT2D eigenvalue weighted by molar-refractivity contribution is -0.118. The topological polar surface area (TPSA) is 55.1 Å². The van der Waals surface area contributed by atoms with Gasteiger partial charge in [0.1, 0.15) is 11.9 Å². The molecule has 0 aliphatic rings. The second-order valence-corrected chi connectivity index (χ2v) is 4.11. The van der Waals surface area contributed by atoms with E-state index < -0.39 is 11.9 Å². The molecule has 94 valence electrons. The highest BCUT2D eigenvalue weighted by molar-refractivity contribution is 5.82. The molecule has 0 fully saturated rings. The van der Waals surface area contributed by atoms with Crippen LogP contribution in [0.2, 0.25) is 0 Å². The van der Waals surface area contributed by atoms with Gasteiger partial charge >= 0.3 is 0 Å². The first-order valence-electron chi connectivity index (χ1n) is 5.95. The summed E-state index contributed by atoms with van der Waals surface area (Å²) < 4.78 is 13.0. The largest absolute Gasteiger partial charge is 0.374 e. The fourth-order valence-corrected chi connectivity index (χ4v) is 1.66. The van der Waals surface area contributed by atoms with Crippen molar-refractivity contribution in [1.82, 2.24) is 0 Å². The number of halogens is 1. The van der Waals surface area contributed by atoms with Gasteiger partial charge in [0.25, 0.3) is 0 Å². The smallest absolute Gasteiger partial charge is 0.239 e. The highest BCUT2D eigenvalue weighted by Crippen LogP contribution is 2.13. The summed E-state index contributed by atoms with van der Waals surface area (Å²) in [5, 5.41) is 2.96. The molecule has 0 bridgehead atoms. The molecule has 1 aromatic rings. The van der Waals surface area contributed by atoms with Crippen LogP contribution in [0.3, 0.4) is 0 Å². The maximum Gasteiger partial charge on any atom is 0.239 e. The summed E-state index contributed by atoms with van der Waals surface area (Å²) in [6, 6.07) is 5.61. The number of hydrogen-bond acceptors (Lipinski definition) is 2. The number of nitrogens with two attached hydrogens (primary N) is 1. The van der Waals surface area contributed by atoms with Gasteiger partial charge in [-0.25, -0.2) is 4.39 Å². The average molecular weight is 238 g/mol. The molecule has 4 heteroatoms. The van der Waals surface area contributed by atoms with E-state index in [2.05, 4.69) is 12.2 Å². The standard InChI is InChI=1S/C13H19FN2O/c1-2-3-4-8-12(13(15)17)16-11-7-5-6-10(14)9-11/h5-7,9,12,16H,2-4,8H2,1H3,(H2,15,17). The Kier molecular flexibility index (Phi) is 5.46. The number of nitrogens with one attached hydrogen (secondary N) is 1. The minimum Gasteiger partial charge on any atom is -0.374 e. The molecule has 1 amide bonds. The zero-order valence-electron chi connectivity index (χ0n) is 10.1. The third kappa shape index (κ3) is 4.85. The molecule has 0 aliphatic heterocycles. The minimum absolute atomic E-state index is 0.327. The summed E-state index contributed by atoms with van der Waals surface area (Å²) >= 11 is 0. The van der Waals surface area contributed by atoms with E-state index in [9.17, 15) is 9.18 Å². The van der Waals surface area contributed by atoms with Crippen LogP contribution >= 0.6 is 0 Å². The van der Waals surface area contributed by atoms with E-state index in [4.69, 9.17) is 5.73 Å². The molecule has 3 nitrogen and oxygen atoms in total.